The number of methoxy groups -OCH3 is 1. The highest BCUT2D eigenvalue weighted by Crippen LogP contribution is 2.69. The van der Waals surface area contributed by atoms with Crippen LogP contribution in [-0.2, 0) is 9.59 Å². The van der Waals surface area contributed by atoms with Crippen LogP contribution in [0.1, 0.15) is 28.3 Å². The molecular formula is C27H24N2O4S2. The number of anilines is 1. The quantitative estimate of drug-likeness (QED) is 0.534. The van der Waals surface area contributed by atoms with E-state index in [-0.39, 0.29) is 57.4 Å². The number of fused-ring (bicyclic) bond motifs is 9. The normalized spacial score (nSPS) is 32.5. The first-order valence-corrected chi connectivity index (χ1v) is 13.6. The number of carbonyl (C=O) groups excluding carboxylic acids is 2. The van der Waals surface area contributed by atoms with Crippen molar-refractivity contribution in [1.82, 2.24) is 4.98 Å². The molecule has 2 aliphatic heterocycles. The van der Waals surface area contributed by atoms with E-state index in [4.69, 9.17) is 4.74 Å². The van der Waals surface area contributed by atoms with Gasteiger partial charge in [0, 0.05) is 21.6 Å². The largest absolute Gasteiger partial charge is 0.496 e. The van der Waals surface area contributed by atoms with Gasteiger partial charge < -0.3 is 9.72 Å². The first-order valence-electron chi connectivity index (χ1n) is 11.9. The molecule has 3 fully saturated rings. The second kappa shape index (κ2) is 7.58. The number of carbonyl (C=O) groups is 2. The van der Waals surface area contributed by atoms with Crippen LogP contribution in [0.3, 0.4) is 0 Å². The van der Waals surface area contributed by atoms with Crippen LogP contribution in [-0.4, -0.2) is 29.2 Å². The van der Waals surface area contributed by atoms with Crippen molar-refractivity contribution in [3.8, 4) is 5.75 Å². The molecule has 1 N–H and O–H groups in total. The molecule has 3 heterocycles. The van der Waals surface area contributed by atoms with E-state index in [2.05, 4.69) is 11.1 Å². The molecule has 0 unspecified atom stereocenters. The molecule has 8 heteroatoms. The van der Waals surface area contributed by atoms with E-state index < -0.39 is 0 Å². The lowest BCUT2D eigenvalue weighted by Gasteiger charge is -2.43. The average Bonchev–Trinajstić information content (AvgIpc) is 3.59. The van der Waals surface area contributed by atoms with E-state index in [1.54, 1.807) is 18.9 Å². The molecule has 6 nitrogen and oxygen atoms in total. The zero-order valence-corrected chi connectivity index (χ0v) is 20.9. The van der Waals surface area contributed by atoms with Crippen LogP contribution in [0.5, 0.6) is 5.75 Å². The third kappa shape index (κ3) is 2.87. The highest BCUT2D eigenvalue weighted by atomic mass is 32.2. The number of rotatable bonds is 3. The molecule has 1 aromatic heterocycles. The molecule has 2 aromatic carbocycles. The number of aryl methyl sites for hydroxylation is 1. The number of hydrogen-bond donors (Lipinski definition) is 1. The van der Waals surface area contributed by atoms with Crippen LogP contribution >= 0.6 is 23.1 Å². The lowest BCUT2D eigenvalue weighted by atomic mass is 9.68. The smallest absolute Gasteiger partial charge is 0.305 e. The number of H-pyrrole nitrogens is 1. The molecule has 0 spiro atoms. The standard InChI is InChI=1S/C27H24N2O4S2/c1-12-7-9-13(10-8-12)29-25(30)20-15-11-16(21(20)26(29)31)22-19(15)18(14-5-3-4-6-17(14)33-2)23-24(34-22)28-27(32)35-23/h3-10,15-16,18-22H,11H2,1-2H3,(H,28,32)/t15-,16-,18+,19-,20-,21-,22+/m0/s1. The number of benzene rings is 2. The minimum Gasteiger partial charge on any atom is -0.496 e. The monoisotopic (exact) mass is 504 g/mol. The second-order valence-electron chi connectivity index (χ2n) is 10.0. The van der Waals surface area contributed by atoms with Gasteiger partial charge in [-0.05, 0) is 49.3 Å². The van der Waals surface area contributed by atoms with E-state index in [0.717, 1.165) is 33.2 Å². The maximum absolute atomic E-state index is 13.8. The van der Waals surface area contributed by atoms with Gasteiger partial charge in [-0.1, -0.05) is 47.2 Å². The van der Waals surface area contributed by atoms with Crippen molar-refractivity contribution in [2.75, 3.05) is 12.0 Å². The van der Waals surface area contributed by atoms with Gasteiger partial charge in [-0.15, -0.1) is 11.8 Å². The highest BCUT2D eigenvalue weighted by Gasteiger charge is 2.69. The van der Waals surface area contributed by atoms with Gasteiger partial charge >= 0.3 is 4.87 Å². The lowest BCUT2D eigenvalue weighted by molar-refractivity contribution is -0.123. The molecule has 3 aromatic rings. The zero-order chi connectivity index (χ0) is 24.0. The van der Waals surface area contributed by atoms with Gasteiger partial charge in [-0.25, -0.2) is 0 Å². The molecule has 2 amide bonds. The summed E-state index contributed by atoms with van der Waals surface area (Å²) in [5.74, 6) is 0.415. The third-order valence-electron chi connectivity index (χ3n) is 8.49. The fourth-order valence-electron chi connectivity index (χ4n) is 7.24. The van der Waals surface area contributed by atoms with Gasteiger partial charge in [0.05, 0.1) is 29.7 Å². The molecule has 0 radical (unpaired) electrons. The number of amides is 2. The van der Waals surface area contributed by atoms with Gasteiger partial charge in [0.1, 0.15) is 5.75 Å². The molecule has 2 aliphatic carbocycles. The third-order valence-corrected chi connectivity index (χ3v) is 11.1. The number of thiazole rings is 1. The van der Waals surface area contributed by atoms with Crippen molar-refractivity contribution >= 4 is 40.6 Å². The minimum atomic E-state index is -0.301. The van der Waals surface area contributed by atoms with Crippen LogP contribution in [0, 0.1) is 36.5 Å². The summed E-state index contributed by atoms with van der Waals surface area (Å²) in [7, 11) is 1.67. The molecule has 7 rings (SSSR count). The Morgan fingerprint density at radius 1 is 0.971 bits per heavy atom. The molecule has 4 aliphatic rings. The summed E-state index contributed by atoms with van der Waals surface area (Å²) in [6, 6.07) is 15.6. The topological polar surface area (TPSA) is 79.5 Å². The summed E-state index contributed by atoms with van der Waals surface area (Å²) in [6.45, 7) is 2.00. The summed E-state index contributed by atoms with van der Waals surface area (Å²) in [5.41, 5.74) is 2.81. The van der Waals surface area contributed by atoms with Gasteiger partial charge in [0.2, 0.25) is 11.8 Å². The number of aromatic nitrogens is 1. The molecule has 1 saturated heterocycles. The van der Waals surface area contributed by atoms with Crippen molar-refractivity contribution in [2.45, 2.75) is 29.5 Å². The number of para-hydroxylation sites is 1. The van der Waals surface area contributed by atoms with Crippen molar-refractivity contribution in [1.29, 1.82) is 0 Å². The van der Waals surface area contributed by atoms with Gasteiger partial charge in [0.15, 0.2) is 0 Å². The number of ether oxygens (including phenoxy) is 1. The van der Waals surface area contributed by atoms with Crippen molar-refractivity contribution in [3.63, 3.8) is 0 Å². The first kappa shape index (κ1) is 21.4. The number of aromatic amines is 1. The van der Waals surface area contributed by atoms with E-state index in [1.807, 2.05) is 49.4 Å². The summed E-state index contributed by atoms with van der Waals surface area (Å²) >= 11 is 2.97. The minimum absolute atomic E-state index is 0.0383. The van der Waals surface area contributed by atoms with Crippen LogP contribution in [0.4, 0.5) is 5.69 Å². The van der Waals surface area contributed by atoms with Crippen LogP contribution in [0.2, 0.25) is 0 Å². The van der Waals surface area contributed by atoms with Crippen LogP contribution in [0.15, 0.2) is 58.4 Å². The van der Waals surface area contributed by atoms with Crippen molar-refractivity contribution in [2.24, 2.45) is 29.6 Å². The maximum Gasteiger partial charge on any atom is 0.305 e. The Hall–Kier alpha value is -2.84. The Bertz CT molecular complexity index is 1430. The summed E-state index contributed by atoms with van der Waals surface area (Å²) in [6.07, 6.45) is 0.877. The lowest BCUT2D eigenvalue weighted by Crippen LogP contribution is -2.42. The Morgan fingerprint density at radius 2 is 1.69 bits per heavy atom. The molecule has 35 heavy (non-hydrogen) atoms. The highest BCUT2D eigenvalue weighted by molar-refractivity contribution is 8.00. The summed E-state index contributed by atoms with van der Waals surface area (Å²) < 4.78 is 5.74. The Labute approximate surface area is 210 Å². The summed E-state index contributed by atoms with van der Waals surface area (Å²) in [4.78, 5) is 45.3. The molecular weight excluding hydrogens is 480 g/mol. The number of nitrogens with one attached hydrogen (secondary N) is 1. The Balaban J connectivity index is 1.34. The van der Waals surface area contributed by atoms with E-state index in [0.29, 0.717) is 5.69 Å². The number of hydrogen-bond acceptors (Lipinski definition) is 6. The molecule has 7 atom stereocenters. The number of thioether (sulfide) groups is 1. The van der Waals surface area contributed by atoms with Gasteiger partial charge in [-0.2, -0.15) is 0 Å². The molecule has 178 valence electrons. The van der Waals surface area contributed by atoms with Gasteiger partial charge in [0.25, 0.3) is 0 Å². The first-order chi connectivity index (χ1) is 17.0. The van der Waals surface area contributed by atoms with Crippen molar-refractivity contribution in [3.05, 3.63) is 74.2 Å². The molecule has 2 saturated carbocycles. The van der Waals surface area contributed by atoms with Crippen LogP contribution < -0.4 is 14.5 Å². The Morgan fingerprint density at radius 3 is 2.43 bits per heavy atom. The SMILES string of the molecule is COc1ccccc1[C@H]1c2sc(=O)[nH]c2S[C@@H]2[C@H]3C[C@H]([C@@H]4C(=O)N(c5ccc(C)cc5)C(=O)[C@@H]34)[C@@H]12. The van der Waals surface area contributed by atoms with E-state index in [9.17, 15) is 14.4 Å². The zero-order valence-electron chi connectivity index (χ0n) is 19.3. The fourth-order valence-corrected chi connectivity index (χ4v) is 10.1. The van der Waals surface area contributed by atoms with Crippen LogP contribution in [0.25, 0.3) is 0 Å². The van der Waals surface area contributed by atoms with Gasteiger partial charge in [-0.3, -0.25) is 19.3 Å². The average molecular weight is 505 g/mol. The maximum atomic E-state index is 13.8. The van der Waals surface area contributed by atoms with E-state index >= 15 is 0 Å². The number of nitrogens with zero attached hydrogens (tertiary/aromatic N) is 1. The Kier molecular flexibility index (Phi) is 4.64. The van der Waals surface area contributed by atoms with Crippen molar-refractivity contribution < 1.29 is 14.3 Å². The predicted octanol–water partition coefficient (Wildman–Crippen LogP) is 4.43. The second-order valence-corrected chi connectivity index (χ2v) is 12.3. The number of imide groups is 1. The fraction of sp³-hybridized carbons (Fsp3) is 0.370. The predicted molar refractivity (Wildman–Crippen MR) is 135 cm³/mol. The van der Waals surface area contributed by atoms with E-state index in [1.165, 1.54) is 16.2 Å². The summed E-state index contributed by atoms with van der Waals surface area (Å²) in [5, 5.41) is 1.08. The molecule has 2 bridgehead atoms.